The second-order valence-corrected chi connectivity index (χ2v) is 6.09. The van der Waals surface area contributed by atoms with Crippen LogP contribution < -0.4 is 0 Å². The van der Waals surface area contributed by atoms with Crippen LogP contribution in [0, 0.1) is 11.6 Å². The van der Waals surface area contributed by atoms with Crippen LogP contribution in [0.4, 0.5) is 8.78 Å². The lowest BCUT2D eigenvalue weighted by molar-refractivity contribution is 0.102. The Labute approximate surface area is 118 Å². The second kappa shape index (κ2) is 6.30. The van der Waals surface area contributed by atoms with Crippen molar-refractivity contribution in [1.82, 2.24) is 0 Å². The van der Waals surface area contributed by atoms with E-state index >= 15 is 0 Å². The average molecular weight is 298 g/mol. The van der Waals surface area contributed by atoms with Crippen LogP contribution >= 0.6 is 23.1 Å². The maximum atomic E-state index is 13.4. The van der Waals surface area contributed by atoms with E-state index in [4.69, 9.17) is 0 Å². The molecule has 0 aliphatic heterocycles. The Morgan fingerprint density at radius 3 is 2.68 bits per heavy atom. The summed E-state index contributed by atoms with van der Waals surface area (Å²) in [5.74, 6) is -1.11. The minimum atomic E-state index is -0.627. The number of benzene rings is 1. The first-order valence-corrected chi connectivity index (χ1v) is 7.60. The summed E-state index contributed by atoms with van der Waals surface area (Å²) in [6.07, 6.45) is 0.900. The number of carbonyl (C=O) groups is 1. The fourth-order valence-electron chi connectivity index (χ4n) is 1.52. The predicted molar refractivity (Wildman–Crippen MR) is 75.1 cm³/mol. The van der Waals surface area contributed by atoms with E-state index in [0.29, 0.717) is 9.77 Å². The normalized spacial score (nSPS) is 10.7. The van der Waals surface area contributed by atoms with Crippen LogP contribution in [0.25, 0.3) is 0 Å². The molecule has 0 bridgehead atoms. The fourth-order valence-corrected chi connectivity index (χ4v) is 3.30. The van der Waals surface area contributed by atoms with Crippen molar-refractivity contribution in [2.45, 2.75) is 18.2 Å². The third kappa shape index (κ3) is 3.64. The summed E-state index contributed by atoms with van der Waals surface area (Å²) in [6, 6.07) is 7.10. The number of hydrogen-bond acceptors (Lipinski definition) is 3. The molecule has 0 N–H and O–H groups in total. The Kier molecular flexibility index (Phi) is 4.71. The van der Waals surface area contributed by atoms with Crippen LogP contribution in [0.5, 0.6) is 0 Å². The zero-order valence-electron chi connectivity index (χ0n) is 10.3. The van der Waals surface area contributed by atoms with Gasteiger partial charge in [-0.25, -0.2) is 8.78 Å². The molecule has 2 rings (SSSR count). The second-order valence-electron chi connectivity index (χ2n) is 3.91. The number of carbonyl (C=O) groups excluding carboxylic acids is 1. The van der Waals surface area contributed by atoms with Gasteiger partial charge in [0.05, 0.1) is 10.6 Å². The van der Waals surface area contributed by atoms with Crippen LogP contribution in [0.1, 0.15) is 21.5 Å². The van der Waals surface area contributed by atoms with E-state index in [-0.39, 0.29) is 11.5 Å². The number of thioether (sulfide) groups is 1. The molecule has 0 saturated heterocycles. The van der Waals surface area contributed by atoms with Crippen molar-refractivity contribution in [2.75, 3.05) is 5.75 Å². The minimum Gasteiger partial charge on any atom is -0.292 e. The van der Waals surface area contributed by atoms with E-state index in [2.05, 4.69) is 0 Å². The lowest BCUT2D eigenvalue weighted by atomic mass is 10.3. The van der Waals surface area contributed by atoms with Gasteiger partial charge in [-0.3, -0.25) is 4.79 Å². The van der Waals surface area contributed by atoms with Gasteiger partial charge in [0.25, 0.3) is 0 Å². The third-order valence-corrected chi connectivity index (χ3v) is 4.86. The number of rotatable bonds is 5. The summed E-state index contributed by atoms with van der Waals surface area (Å²) in [5.41, 5.74) is 0. The number of thiophene rings is 1. The van der Waals surface area contributed by atoms with Crippen molar-refractivity contribution < 1.29 is 13.6 Å². The lowest BCUT2D eigenvalue weighted by Gasteiger charge is -2.01. The summed E-state index contributed by atoms with van der Waals surface area (Å²) in [4.78, 5) is 14.1. The maximum absolute atomic E-state index is 13.4. The van der Waals surface area contributed by atoms with E-state index in [1.165, 1.54) is 23.5 Å². The first-order valence-electron chi connectivity index (χ1n) is 5.80. The number of hydrogen-bond donors (Lipinski definition) is 0. The summed E-state index contributed by atoms with van der Waals surface area (Å²) in [5, 5.41) is 0. The molecular weight excluding hydrogens is 286 g/mol. The van der Waals surface area contributed by atoms with Crippen molar-refractivity contribution in [3.8, 4) is 0 Å². The number of aryl methyl sites for hydroxylation is 1. The van der Waals surface area contributed by atoms with Gasteiger partial charge in [-0.1, -0.05) is 6.92 Å². The Hall–Kier alpha value is -1.20. The Bertz CT molecular complexity index is 593. The van der Waals surface area contributed by atoms with Gasteiger partial charge in [-0.2, -0.15) is 0 Å². The maximum Gasteiger partial charge on any atom is 0.182 e. The van der Waals surface area contributed by atoms with Crippen LogP contribution in [0.2, 0.25) is 0 Å². The molecule has 2 aromatic rings. The molecule has 1 heterocycles. The number of ketones is 1. The molecule has 5 heteroatoms. The standard InChI is InChI=1S/C14H12F2OS2/c1-2-10-4-6-14(19-10)12(17)8-18-13-5-3-9(15)7-11(13)16/h3-7H,2,8H2,1H3. The van der Waals surface area contributed by atoms with Gasteiger partial charge in [0.1, 0.15) is 11.6 Å². The molecule has 0 aliphatic rings. The van der Waals surface area contributed by atoms with Crippen LogP contribution in [0.3, 0.4) is 0 Å². The molecule has 0 unspecified atom stereocenters. The molecule has 100 valence electrons. The Balaban J connectivity index is 2.00. The highest BCUT2D eigenvalue weighted by Gasteiger charge is 2.11. The van der Waals surface area contributed by atoms with Gasteiger partial charge in [0.2, 0.25) is 0 Å². The predicted octanol–water partition coefficient (Wildman–Crippen LogP) is 4.56. The molecule has 0 fully saturated rings. The molecule has 0 atom stereocenters. The number of halogens is 2. The molecular formula is C14H12F2OS2. The van der Waals surface area contributed by atoms with E-state index in [1.807, 2.05) is 13.0 Å². The first kappa shape index (κ1) is 14.2. The highest BCUT2D eigenvalue weighted by molar-refractivity contribution is 8.00. The SMILES string of the molecule is CCc1ccc(C(=O)CSc2ccc(F)cc2F)s1. The zero-order valence-corrected chi connectivity index (χ0v) is 11.9. The van der Waals surface area contributed by atoms with Gasteiger partial charge < -0.3 is 0 Å². The van der Waals surface area contributed by atoms with E-state index < -0.39 is 11.6 Å². The average Bonchev–Trinajstić information content (AvgIpc) is 2.86. The van der Waals surface area contributed by atoms with E-state index in [1.54, 1.807) is 6.07 Å². The Morgan fingerprint density at radius 2 is 2.05 bits per heavy atom. The molecule has 1 aromatic carbocycles. The van der Waals surface area contributed by atoms with Crippen LogP contribution in [-0.2, 0) is 6.42 Å². The fraction of sp³-hybridized carbons (Fsp3) is 0.214. The first-order chi connectivity index (χ1) is 9.10. The van der Waals surface area contributed by atoms with E-state index in [9.17, 15) is 13.6 Å². The molecule has 0 spiro atoms. The van der Waals surface area contributed by atoms with E-state index in [0.717, 1.165) is 29.1 Å². The minimum absolute atomic E-state index is 0.0292. The summed E-state index contributed by atoms with van der Waals surface area (Å²) < 4.78 is 26.1. The van der Waals surface area contributed by atoms with Crippen molar-refractivity contribution >= 4 is 28.9 Å². The van der Waals surface area contributed by atoms with Gasteiger partial charge in [0, 0.05) is 15.8 Å². The highest BCUT2D eigenvalue weighted by atomic mass is 32.2. The van der Waals surface area contributed by atoms with Gasteiger partial charge in [-0.05, 0) is 30.7 Å². The highest BCUT2D eigenvalue weighted by Crippen LogP contribution is 2.25. The summed E-state index contributed by atoms with van der Waals surface area (Å²) in [6.45, 7) is 2.03. The zero-order chi connectivity index (χ0) is 13.8. The Morgan fingerprint density at radius 1 is 1.26 bits per heavy atom. The summed E-state index contributed by atoms with van der Waals surface area (Å²) in [7, 11) is 0. The van der Waals surface area contributed by atoms with Crippen molar-refractivity contribution in [3.05, 3.63) is 51.7 Å². The lowest BCUT2D eigenvalue weighted by Crippen LogP contribution is -1.99. The quantitative estimate of drug-likeness (QED) is 0.594. The summed E-state index contributed by atoms with van der Waals surface area (Å²) >= 11 is 2.56. The van der Waals surface area contributed by atoms with Crippen molar-refractivity contribution in [2.24, 2.45) is 0 Å². The molecule has 0 radical (unpaired) electrons. The molecule has 0 amide bonds. The number of Topliss-reactive ketones (excluding diaryl/α,β-unsaturated/α-hetero) is 1. The van der Waals surface area contributed by atoms with Crippen molar-refractivity contribution in [3.63, 3.8) is 0 Å². The molecule has 0 saturated carbocycles. The van der Waals surface area contributed by atoms with Gasteiger partial charge >= 0.3 is 0 Å². The smallest absolute Gasteiger partial charge is 0.182 e. The van der Waals surface area contributed by atoms with Crippen LogP contribution in [-0.4, -0.2) is 11.5 Å². The monoisotopic (exact) mass is 298 g/mol. The molecule has 1 nitrogen and oxygen atoms in total. The molecule has 0 aliphatic carbocycles. The third-order valence-electron chi connectivity index (χ3n) is 2.54. The topological polar surface area (TPSA) is 17.1 Å². The van der Waals surface area contributed by atoms with Crippen LogP contribution in [0.15, 0.2) is 35.2 Å². The molecule has 19 heavy (non-hydrogen) atoms. The van der Waals surface area contributed by atoms with Gasteiger partial charge in [0.15, 0.2) is 5.78 Å². The van der Waals surface area contributed by atoms with Crippen molar-refractivity contribution in [1.29, 1.82) is 0 Å². The molecule has 1 aromatic heterocycles. The largest absolute Gasteiger partial charge is 0.292 e. The van der Waals surface area contributed by atoms with Gasteiger partial charge in [-0.15, -0.1) is 23.1 Å².